The molecule has 7 nitrogen and oxygen atoms in total. The molecule has 1 fully saturated rings. The molecule has 2 aromatic rings. The minimum atomic E-state index is -0.681. The second-order valence-electron chi connectivity index (χ2n) is 5.98. The number of amides is 4. The summed E-state index contributed by atoms with van der Waals surface area (Å²) in [7, 11) is 0. The average molecular weight is 373 g/mol. The Hall–Kier alpha value is -2.93. The monoisotopic (exact) mass is 372 g/mol. The van der Waals surface area contributed by atoms with Crippen molar-refractivity contribution in [2.75, 3.05) is 16.8 Å². The van der Waals surface area contributed by atoms with Crippen LogP contribution in [0.4, 0.5) is 16.2 Å². The number of imide groups is 1. The zero-order valence-corrected chi connectivity index (χ0v) is 15.0. The van der Waals surface area contributed by atoms with Gasteiger partial charge in [0.05, 0.1) is 5.69 Å². The molecule has 1 atom stereocenters. The van der Waals surface area contributed by atoms with Crippen LogP contribution in [-0.2, 0) is 9.59 Å². The third kappa shape index (κ3) is 3.39. The van der Waals surface area contributed by atoms with Crippen LogP contribution < -0.4 is 10.2 Å². The fourth-order valence-electron chi connectivity index (χ4n) is 2.72. The van der Waals surface area contributed by atoms with Gasteiger partial charge in [-0.05, 0) is 38.1 Å². The summed E-state index contributed by atoms with van der Waals surface area (Å²) < 4.78 is 0. The van der Waals surface area contributed by atoms with Crippen LogP contribution in [0.1, 0.15) is 12.5 Å². The number of anilines is 2. The highest BCUT2D eigenvalue weighted by Gasteiger charge is 2.44. The number of aryl methyl sites for hydroxylation is 1. The Morgan fingerprint density at radius 3 is 2.58 bits per heavy atom. The van der Waals surface area contributed by atoms with Gasteiger partial charge in [0.1, 0.15) is 12.6 Å². The van der Waals surface area contributed by atoms with Gasteiger partial charge in [0.25, 0.3) is 5.91 Å². The molecule has 1 N–H and O–H groups in total. The van der Waals surface area contributed by atoms with E-state index in [-0.39, 0.29) is 5.15 Å². The number of pyridine rings is 1. The molecule has 0 spiro atoms. The smallest absolute Gasteiger partial charge is 0.322 e. The van der Waals surface area contributed by atoms with E-state index in [4.69, 9.17) is 11.6 Å². The van der Waals surface area contributed by atoms with E-state index in [2.05, 4.69) is 10.3 Å². The number of hydrogen-bond acceptors (Lipinski definition) is 4. The molecule has 0 bridgehead atoms. The van der Waals surface area contributed by atoms with Gasteiger partial charge in [-0.3, -0.25) is 19.4 Å². The lowest BCUT2D eigenvalue weighted by Gasteiger charge is -2.19. The number of aromatic nitrogens is 1. The van der Waals surface area contributed by atoms with Crippen molar-refractivity contribution >= 4 is 40.8 Å². The Balaban J connectivity index is 1.75. The Bertz CT molecular complexity index is 869. The molecule has 0 unspecified atom stereocenters. The summed E-state index contributed by atoms with van der Waals surface area (Å²) in [6.07, 6.45) is 1.49. The summed E-state index contributed by atoms with van der Waals surface area (Å²) in [5.74, 6) is -0.956. The number of carbonyl (C=O) groups is 3. The molecule has 1 saturated heterocycles. The van der Waals surface area contributed by atoms with Crippen LogP contribution in [-0.4, -0.2) is 40.3 Å². The maximum Gasteiger partial charge on any atom is 0.332 e. The van der Waals surface area contributed by atoms with Gasteiger partial charge in [-0.25, -0.2) is 9.78 Å². The number of carbonyl (C=O) groups excluding carboxylic acids is 3. The SMILES string of the molecule is Cc1ccc(N2C(=O)N(CC(=O)Nc3cccnc3Cl)C(=O)[C@@H]2C)cc1. The Morgan fingerprint density at radius 2 is 1.92 bits per heavy atom. The number of nitrogens with one attached hydrogen (secondary N) is 1. The van der Waals surface area contributed by atoms with Crippen molar-refractivity contribution in [2.24, 2.45) is 0 Å². The predicted octanol–water partition coefficient (Wildman–Crippen LogP) is 2.84. The van der Waals surface area contributed by atoms with Crippen molar-refractivity contribution in [2.45, 2.75) is 19.9 Å². The fraction of sp³-hybridized carbons (Fsp3) is 0.222. The largest absolute Gasteiger partial charge is 0.332 e. The van der Waals surface area contributed by atoms with E-state index in [1.807, 2.05) is 19.1 Å². The van der Waals surface area contributed by atoms with Crippen LogP contribution in [0.3, 0.4) is 0 Å². The minimum absolute atomic E-state index is 0.134. The molecule has 0 saturated carbocycles. The number of hydrogen-bond donors (Lipinski definition) is 1. The van der Waals surface area contributed by atoms with Gasteiger partial charge in [-0.1, -0.05) is 29.3 Å². The average Bonchev–Trinajstić information content (AvgIpc) is 2.82. The van der Waals surface area contributed by atoms with Crippen molar-refractivity contribution in [3.05, 3.63) is 53.3 Å². The molecule has 1 aliphatic heterocycles. The normalized spacial score (nSPS) is 17.0. The lowest BCUT2D eigenvalue weighted by Crippen LogP contribution is -2.39. The highest BCUT2D eigenvalue weighted by atomic mass is 35.5. The van der Waals surface area contributed by atoms with Crippen molar-refractivity contribution in [3.63, 3.8) is 0 Å². The minimum Gasteiger partial charge on any atom is -0.322 e. The van der Waals surface area contributed by atoms with Crippen molar-refractivity contribution in [1.82, 2.24) is 9.88 Å². The molecule has 4 amide bonds. The summed E-state index contributed by atoms with van der Waals surface area (Å²) in [6.45, 7) is 3.18. The molecule has 2 heterocycles. The van der Waals surface area contributed by atoms with E-state index >= 15 is 0 Å². The van der Waals surface area contributed by atoms with Gasteiger partial charge in [-0.2, -0.15) is 0 Å². The zero-order chi connectivity index (χ0) is 18.8. The molecule has 1 aromatic carbocycles. The number of rotatable bonds is 4. The van der Waals surface area contributed by atoms with E-state index in [9.17, 15) is 14.4 Å². The van der Waals surface area contributed by atoms with Crippen LogP contribution in [0.15, 0.2) is 42.6 Å². The molecular weight excluding hydrogens is 356 g/mol. The number of nitrogens with zero attached hydrogens (tertiary/aromatic N) is 3. The van der Waals surface area contributed by atoms with Gasteiger partial charge >= 0.3 is 6.03 Å². The third-order valence-corrected chi connectivity index (χ3v) is 4.40. The van der Waals surface area contributed by atoms with Gasteiger partial charge in [0.15, 0.2) is 5.15 Å². The van der Waals surface area contributed by atoms with E-state index in [0.717, 1.165) is 10.5 Å². The highest BCUT2D eigenvalue weighted by Crippen LogP contribution is 2.26. The first-order valence-corrected chi connectivity index (χ1v) is 8.38. The first-order valence-electron chi connectivity index (χ1n) is 8.00. The summed E-state index contributed by atoms with van der Waals surface area (Å²) in [5.41, 5.74) is 1.98. The summed E-state index contributed by atoms with van der Waals surface area (Å²) >= 11 is 5.90. The van der Waals surface area contributed by atoms with E-state index < -0.39 is 30.4 Å². The molecule has 0 radical (unpaired) electrons. The topological polar surface area (TPSA) is 82.6 Å². The molecule has 1 aliphatic rings. The quantitative estimate of drug-likeness (QED) is 0.660. The molecular formula is C18H17ClN4O3. The Morgan fingerprint density at radius 1 is 1.23 bits per heavy atom. The standard InChI is InChI=1S/C18H17ClN4O3/c1-11-5-7-13(8-6-11)23-12(2)17(25)22(18(23)26)10-15(24)21-14-4-3-9-20-16(14)19/h3-9,12H,10H2,1-2H3,(H,21,24)/t12-/m0/s1. The molecule has 134 valence electrons. The lowest BCUT2D eigenvalue weighted by molar-refractivity contribution is -0.130. The van der Waals surface area contributed by atoms with Gasteiger partial charge in [0, 0.05) is 11.9 Å². The van der Waals surface area contributed by atoms with Gasteiger partial charge in [0.2, 0.25) is 5.91 Å². The van der Waals surface area contributed by atoms with Crippen LogP contribution in [0.5, 0.6) is 0 Å². The van der Waals surface area contributed by atoms with E-state index in [1.54, 1.807) is 31.2 Å². The highest BCUT2D eigenvalue weighted by molar-refractivity contribution is 6.32. The van der Waals surface area contributed by atoms with Gasteiger partial charge < -0.3 is 5.32 Å². The van der Waals surface area contributed by atoms with Crippen LogP contribution in [0.25, 0.3) is 0 Å². The van der Waals surface area contributed by atoms with Crippen LogP contribution in [0.2, 0.25) is 5.15 Å². The van der Waals surface area contributed by atoms with E-state index in [0.29, 0.717) is 11.4 Å². The number of urea groups is 1. The maximum absolute atomic E-state index is 12.7. The molecule has 3 rings (SSSR count). The number of benzene rings is 1. The first kappa shape index (κ1) is 17.9. The van der Waals surface area contributed by atoms with E-state index in [1.165, 1.54) is 11.1 Å². The third-order valence-electron chi connectivity index (χ3n) is 4.09. The van der Waals surface area contributed by atoms with Gasteiger partial charge in [-0.15, -0.1) is 0 Å². The Labute approximate surface area is 155 Å². The summed E-state index contributed by atoms with van der Waals surface area (Å²) in [5, 5.41) is 2.69. The second kappa shape index (κ2) is 7.13. The Kier molecular flexibility index (Phi) is 4.90. The number of halogens is 1. The molecule has 1 aromatic heterocycles. The summed E-state index contributed by atoms with van der Waals surface area (Å²) in [4.78, 5) is 43.6. The first-order chi connectivity index (χ1) is 12.4. The lowest BCUT2D eigenvalue weighted by atomic mass is 10.2. The van der Waals surface area contributed by atoms with Crippen LogP contribution >= 0.6 is 11.6 Å². The van der Waals surface area contributed by atoms with Crippen LogP contribution in [0, 0.1) is 6.92 Å². The van der Waals surface area contributed by atoms with Crippen molar-refractivity contribution < 1.29 is 14.4 Å². The molecule has 26 heavy (non-hydrogen) atoms. The summed E-state index contributed by atoms with van der Waals surface area (Å²) in [6, 6.07) is 9.26. The zero-order valence-electron chi connectivity index (χ0n) is 14.3. The van der Waals surface area contributed by atoms with Crippen molar-refractivity contribution in [1.29, 1.82) is 0 Å². The fourth-order valence-corrected chi connectivity index (χ4v) is 2.89. The molecule has 8 heteroatoms. The molecule has 0 aliphatic carbocycles. The maximum atomic E-state index is 12.7. The van der Waals surface area contributed by atoms with Crippen molar-refractivity contribution in [3.8, 4) is 0 Å². The predicted molar refractivity (Wildman–Crippen MR) is 98.1 cm³/mol. The second-order valence-corrected chi connectivity index (χ2v) is 6.34.